The van der Waals surface area contributed by atoms with Crippen molar-refractivity contribution in [3.8, 4) is 0 Å². The second-order valence-corrected chi connectivity index (χ2v) is 5.80. The third-order valence-corrected chi connectivity index (χ3v) is 4.10. The Hall–Kier alpha value is -2.11. The zero-order valence-electron chi connectivity index (χ0n) is 13.1. The molecule has 0 aliphatic carbocycles. The SMILES string of the molecule is NCc1ccc(C(=O)N(Cc2ccco2)CC2CCCO2)cc1. The highest BCUT2D eigenvalue weighted by molar-refractivity contribution is 5.94. The van der Waals surface area contributed by atoms with Gasteiger partial charge in [0, 0.05) is 25.3 Å². The Morgan fingerprint density at radius 2 is 2.09 bits per heavy atom. The van der Waals surface area contributed by atoms with E-state index in [4.69, 9.17) is 14.9 Å². The molecule has 1 amide bonds. The molecule has 0 spiro atoms. The second-order valence-electron chi connectivity index (χ2n) is 5.80. The van der Waals surface area contributed by atoms with Crippen molar-refractivity contribution in [1.82, 2.24) is 4.90 Å². The summed E-state index contributed by atoms with van der Waals surface area (Å²) in [6, 6.07) is 11.2. The van der Waals surface area contributed by atoms with Crippen LogP contribution in [0.2, 0.25) is 0 Å². The van der Waals surface area contributed by atoms with Crippen molar-refractivity contribution in [3.63, 3.8) is 0 Å². The van der Waals surface area contributed by atoms with Gasteiger partial charge in [0.25, 0.3) is 5.91 Å². The van der Waals surface area contributed by atoms with Crippen molar-refractivity contribution in [2.45, 2.75) is 32.0 Å². The predicted octanol–water partition coefficient (Wildman–Crippen LogP) is 2.56. The fourth-order valence-corrected chi connectivity index (χ4v) is 2.81. The van der Waals surface area contributed by atoms with E-state index in [-0.39, 0.29) is 12.0 Å². The lowest BCUT2D eigenvalue weighted by atomic mass is 10.1. The van der Waals surface area contributed by atoms with Gasteiger partial charge in [-0.1, -0.05) is 12.1 Å². The van der Waals surface area contributed by atoms with E-state index in [0.717, 1.165) is 30.8 Å². The van der Waals surface area contributed by atoms with E-state index in [1.165, 1.54) is 0 Å². The van der Waals surface area contributed by atoms with Gasteiger partial charge in [-0.15, -0.1) is 0 Å². The molecule has 1 saturated heterocycles. The van der Waals surface area contributed by atoms with Crippen LogP contribution in [-0.2, 0) is 17.8 Å². The standard InChI is InChI=1S/C18H22N2O3/c19-11-14-5-7-15(8-6-14)18(21)20(12-16-3-1-9-22-16)13-17-4-2-10-23-17/h1,3,5-9,17H,2,4,10-13,19H2. The molecule has 1 unspecified atom stereocenters. The van der Waals surface area contributed by atoms with Gasteiger partial charge in [0.05, 0.1) is 18.9 Å². The first-order valence-electron chi connectivity index (χ1n) is 7.98. The molecule has 2 N–H and O–H groups in total. The molecule has 0 saturated carbocycles. The zero-order valence-corrected chi connectivity index (χ0v) is 13.1. The number of hydrogen-bond acceptors (Lipinski definition) is 4. The maximum absolute atomic E-state index is 12.9. The maximum atomic E-state index is 12.9. The summed E-state index contributed by atoms with van der Waals surface area (Å²) < 4.78 is 11.1. The Balaban J connectivity index is 1.75. The van der Waals surface area contributed by atoms with Crippen molar-refractivity contribution in [2.75, 3.05) is 13.2 Å². The van der Waals surface area contributed by atoms with E-state index in [1.807, 2.05) is 36.4 Å². The molecule has 23 heavy (non-hydrogen) atoms. The van der Waals surface area contributed by atoms with Crippen molar-refractivity contribution in [1.29, 1.82) is 0 Å². The number of furan rings is 1. The summed E-state index contributed by atoms with van der Waals surface area (Å²) in [5, 5.41) is 0. The molecule has 0 bridgehead atoms. The Labute approximate surface area is 136 Å². The fourth-order valence-electron chi connectivity index (χ4n) is 2.81. The number of rotatable bonds is 6. The number of carbonyl (C=O) groups is 1. The van der Waals surface area contributed by atoms with Gasteiger partial charge in [0.2, 0.25) is 0 Å². The summed E-state index contributed by atoms with van der Waals surface area (Å²) in [5.74, 6) is 0.760. The minimum Gasteiger partial charge on any atom is -0.467 e. The molecule has 1 aromatic heterocycles. The molecular formula is C18H22N2O3. The molecule has 2 heterocycles. The maximum Gasteiger partial charge on any atom is 0.254 e. The van der Waals surface area contributed by atoms with Gasteiger partial charge in [0.1, 0.15) is 5.76 Å². The molecule has 1 fully saturated rings. The van der Waals surface area contributed by atoms with Crippen LogP contribution in [0.15, 0.2) is 47.1 Å². The minimum absolute atomic E-state index is 0.0135. The van der Waals surface area contributed by atoms with Crippen molar-refractivity contribution >= 4 is 5.91 Å². The van der Waals surface area contributed by atoms with Crippen LogP contribution in [-0.4, -0.2) is 30.1 Å². The van der Waals surface area contributed by atoms with Crippen LogP contribution in [0.1, 0.15) is 34.5 Å². The summed E-state index contributed by atoms with van der Waals surface area (Å²) in [7, 11) is 0. The molecule has 1 atom stereocenters. The summed E-state index contributed by atoms with van der Waals surface area (Å²) >= 11 is 0. The van der Waals surface area contributed by atoms with Crippen molar-refractivity contribution < 1.29 is 13.9 Å². The Bertz CT molecular complexity index is 616. The topological polar surface area (TPSA) is 68.7 Å². The molecular weight excluding hydrogens is 292 g/mol. The Morgan fingerprint density at radius 3 is 2.70 bits per heavy atom. The second kappa shape index (κ2) is 7.44. The molecule has 1 aliphatic heterocycles. The van der Waals surface area contributed by atoms with Gasteiger partial charge < -0.3 is 19.8 Å². The van der Waals surface area contributed by atoms with E-state index < -0.39 is 0 Å². The van der Waals surface area contributed by atoms with Crippen LogP contribution in [0.5, 0.6) is 0 Å². The third-order valence-electron chi connectivity index (χ3n) is 4.10. The molecule has 0 radical (unpaired) electrons. The van der Waals surface area contributed by atoms with Crippen LogP contribution in [0.3, 0.4) is 0 Å². The summed E-state index contributed by atoms with van der Waals surface area (Å²) in [6.07, 6.45) is 3.78. The van der Waals surface area contributed by atoms with E-state index in [2.05, 4.69) is 0 Å². The summed E-state index contributed by atoms with van der Waals surface area (Å²) in [4.78, 5) is 14.7. The van der Waals surface area contributed by atoms with Crippen LogP contribution in [0.25, 0.3) is 0 Å². The highest BCUT2D eigenvalue weighted by Crippen LogP contribution is 2.18. The van der Waals surface area contributed by atoms with Gasteiger partial charge in [-0.2, -0.15) is 0 Å². The Kier molecular flexibility index (Phi) is 5.10. The zero-order chi connectivity index (χ0) is 16.1. The quantitative estimate of drug-likeness (QED) is 0.889. The van der Waals surface area contributed by atoms with E-state index in [9.17, 15) is 4.79 Å². The fraction of sp³-hybridized carbons (Fsp3) is 0.389. The molecule has 2 aromatic rings. The first-order valence-corrected chi connectivity index (χ1v) is 7.98. The van der Waals surface area contributed by atoms with Crippen LogP contribution in [0, 0.1) is 0 Å². The van der Waals surface area contributed by atoms with E-state index in [0.29, 0.717) is 25.2 Å². The lowest BCUT2D eigenvalue weighted by Gasteiger charge is -2.25. The predicted molar refractivity (Wildman–Crippen MR) is 86.8 cm³/mol. The highest BCUT2D eigenvalue weighted by Gasteiger charge is 2.24. The van der Waals surface area contributed by atoms with Crippen LogP contribution >= 0.6 is 0 Å². The number of nitrogens with zero attached hydrogens (tertiary/aromatic N) is 1. The van der Waals surface area contributed by atoms with E-state index >= 15 is 0 Å². The number of amides is 1. The monoisotopic (exact) mass is 314 g/mol. The number of hydrogen-bond donors (Lipinski definition) is 1. The third kappa shape index (κ3) is 4.00. The van der Waals surface area contributed by atoms with Gasteiger partial charge >= 0.3 is 0 Å². The molecule has 5 heteroatoms. The number of ether oxygens (including phenoxy) is 1. The summed E-state index contributed by atoms with van der Waals surface area (Å²) in [6.45, 7) is 2.28. The first kappa shape index (κ1) is 15.8. The lowest BCUT2D eigenvalue weighted by molar-refractivity contribution is 0.0491. The van der Waals surface area contributed by atoms with Gasteiger partial charge in [0.15, 0.2) is 0 Å². The van der Waals surface area contributed by atoms with Crippen LogP contribution in [0.4, 0.5) is 0 Å². The largest absolute Gasteiger partial charge is 0.467 e. The number of benzene rings is 1. The van der Waals surface area contributed by atoms with Gasteiger partial charge in [-0.3, -0.25) is 4.79 Å². The van der Waals surface area contributed by atoms with Crippen molar-refractivity contribution in [2.24, 2.45) is 5.73 Å². The molecule has 3 rings (SSSR count). The average molecular weight is 314 g/mol. The van der Waals surface area contributed by atoms with Crippen LogP contribution < -0.4 is 5.73 Å². The highest BCUT2D eigenvalue weighted by atomic mass is 16.5. The molecule has 1 aliphatic rings. The van der Waals surface area contributed by atoms with Gasteiger partial charge in [-0.05, 0) is 42.7 Å². The lowest BCUT2D eigenvalue weighted by Crippen LogP contribution is -2.36. The molecule has 5 nitrogen and oxygen atoms in total. The summed E-state index contributed by atoms with van der Waals surface area (Å²) in [5.41, 5.74) is 7.28. The van der Waals surface area contributed by atoms with Crippen molar-refractivity contribution in [3.05, 3.63) is 59.5 Å². The average Bonchev–Trinajstić information content (AvgIpc) is 3.27. The molecule has 1 aromatic carbocycles. The minimum atomic E-state index is -0.0135. The molecule has 122 valence electrons. The number of nitrogens with two attached hydrogens (primary N) is 1. The number of carbonyl (C=O) groups excluding carboxylic acids is 1. The smallest absolute Gasteiger partial charge is 0.254 e. The van der Waals surface area contributed by atoms with Gasteiger partial charge in [-0.25, -0.2) is 0 Å². The first-order chi connectivity index (χ1) is 11.3. The van der Waals surface area contributed by atoms with E-state index in [1.54, 1.807) is 11.2 Å². The Morgan fingerprint density at radius 1 is 1.26 bits per heavy atom. The normalized spacial score (nSPS) is 17.3.